The van der Waals surface area contributed by atoms with Gasteiger partial charge in [-0.3, -0.25) is 0 Å². The quantitative estimate of drug-likeness (QED) is 0.188. The predicted octanol–water partition coefficient (Wildman–Crippen LogP) is 8.51. The monoisotopic (exact) mass is 568 g/mol. The number of fused-ring (bicyclic) bond motifs is 10. The minimum absolute atomic E-state index is 0.363. The Hall–Kier alpha value is -4.46. The molecule has 2 aliphatic carbocycles. The number of hydrogen-bond donors (Lipinski definition) is 0. The first kappa shape index (κ1) is 25.3. The highest BCUT2D eigenvalue weighted by Crippen LogP contribution is 2.62. The van der Waals surface area contributed by atoms with E-state index in [1.54, 1.807) is 0 Å². The van der Waals surface area contributed by atoms with Gasteiger partial charge in [0.25, 0.3) is 0 Å². The highest BCUT2D eigenvalue weighted by molar-refractivity contribution is 7.79. The lowest BCUT2D eigenvalue weighted by Gasteiger charge is -2.31. The van der Waals surface area contributed by atoms with Gasteiger partial charge in [0.2, 0.25) is 0 Å². The minimum Gasteiger partial charge on any atom is -0.207 e. The molecule has 4 heteroatoms. The van der Waals surface area contributed by atoms with E-state index in [-0.39, 0.29) is 5.82 Å². The van der Waals surface area contributed by atoms with Gasteiger partial charge in [-0.2, -0.15) is 0 Å². The summed E-state index contributed by atoms with van der Waals surface area (Å²) in [6, 6.07) is 40.7. The third kappa shape index (κ3) is 3.53. The molecule has 0 aliphatic heterocycles. The van der Waals surface area contributed by atoms with Crippen molar-refractivity contribution < 1.29 is 13.2 Å². The van der Waals surface area contributed by atoms with Gasteiger partial charge in [0, 0.05) is 6.07 Å². The summed E-state index contributed by atoms with van der Waals surface area (Å²) in [4.78, 5) is 0. The van der Waals surface area contributed by atoms with Crippen LogP contribution in [0.15, 0.2) is 127 Å². The summed E-state index contributed by atoms with van der Waals surface area (Å²) < 4.78 is 44.1. The van der Waals surface area contributed by atoms with Crippen molar-refractivity contribution in [2.24, 2.45) is 0 Å². The van der Waals surface area contributed by atoms with Gasteiger partial charge in [-0.05, 0) is 111 Å². The molecule has 0 bridgehead atoms. The molecule has 0 radical (unpaired) electrons. The smallest absolute Gasteiger partial charge is 0.126 e. The van der Waals surface area contributed by atoms with Crippen molar-refractivity contribution in [1.29, 1.82) is 0 Å². The zero-order valence-corrected chi connectivity index (χ0v) is 23.6. The van der Waals surface area contributed by atoms with E-state index in [2.05, 4.69) is 91.0 Å². The predicted molar refractivity (Wildman–Crippen MR) is 166 cm³/mol. The van der Waals surface area contributed by atoms with E-state index in [1.165, 1.54) is 57.6 Å². The normalized spacial score (nSPS) is 14.3. The molecular weight excluding hydrogens is 544 g/mol. The van der Waals surface area contributed by atoms with Crippen molar-refractivity contribution in [2.45, 2.75) is 12.3 Å². The van der Waals surface area contributed by atoms with Gasteiger partial charge in [-0.1, -0.05) is 91.0 Å². The molecule has 0 N–H and O–H groups in total. The molecule has 1 atom stereocenters. The first-order chi connectivity index (χ1) is 20.4. The second-order valence-corrected chi connectivity index (χ2v) is 13.3. The second-order valence-electron chi connectivity index (χ2n) is 11.1. The molecule has 1 unspecified atom stereocenters. The van der Waals surface area contributed by atoms with Crippen LogP contribution in [0.2, 0.25) is 0 Å². The number of halogens is 3. The van der Waals surface area contributed by atoms with Gasteiger partial charge < -0.3 is 0 Å². The summed E-state index contributed by atoms with van der Waals surface area (Å²) in [6.07, 6.45) is 0. The number of aryl methyl sites for hydroxylation is 1. The lowest BCUT2D eigenvalue weighted by Crippen LogP contribution is -2.28. The van der Waals surface area contributed by atoms with Gasteiger partial charge in [0.15, 0.2) is 0 Å². The van der Waals surface area contributed by atoms with Crippen molar-refractivity contribution in [3.63, 3.8) is 0 Å². The molecule has 0 heterocycles. The van der Waals surface area contributed by atoms with Crippen molar-refractivity contribution in [1.82, 2.24) is 0 Å². The molecule has 2 aliphatic rings. The van der Waals surface area contributed by atoms with Crippen molar-refractivity contribution in [2.75, 3.05) is 0 Å². The third-order valence-electron chi connectivity index (χ3n) is 8.63. The van der Waals surface area contributed by atoms with E-state index < -0.39 is 25.0 Å². The lowest BCUT2D eigenvalue weighted by atomic mass is 9.70. The number of rotatable bonds is 3. The fourth-order valence-electron chi connectivity index (χ4n) is 7.18. The van der Waals surface area contributed by atoms with Gasteiger partial charge in [-0.25, -0.2) is 13.2 Å². The van der Waals surface area contributed by atoms with Crippen LogP contribution in [-0.2, 0) is 5.41 Å². The van der Waals surface area contributed by atoms with Crippen LogP contribution in [0.25, 0.3) is 22.3 Å². The van der Waals surface area contributed by atoms with Crippen LogP contribution in [0.1, 0.15) is 27.8 Å². The van der Waals surface area contributed by atoms with Crippen LogP contribution in [0, 0.1) is 24.4 Å². The SMILES string of the molecule is Cc1cc(F)cc(P(c2cc(F)cc(F)c2)c2ccc3c(c2)C2(c4ccccc4-c4ccccc42)c2ccccc2-3)c1. The molecule has 202 valence electrons. The maximum Gasteiger partial charge on any atom is 0.126 e. The molecular formula is C38H24F3P. The largest absolute Gasteiger partial charge is 0.207 e. The van der Waals surface area contributed by atoms with Crippen LogP contribution in [0.5, 0.6) is 0 Å². The average Bonchev–Trinajstić information content (AvgIpc) is 3.44. The van der Waals surface area contributed by atoms with Gasteiger partial charge in [-0.15, -0.1) is 0 Å². The summed E-state index contributed by atoms with van der Waals surface area (Å²) in [6.45, 7) is 1.84. The van der Waals surface area contributed by atoms with E-state index in [0.29, 0.717) is 10.6 Å². The summed E-state index contributed by atoms with van der Waals surface area (Å²) in [5.74, 6) is -1.65. The molecule has 0 fully saturated rings. The molecule has 0 saturated heterocycles. The maximum absolute atomic E-state index is 14.8. The number of benzene rings is 6. The van der Waals surface area contributed by atoms with Crippen LogP contribution < -0.4 is 15.9 Å². The molecule has 0 amide bonds. The fraction of sp³-hybridized carbons (Fsp3) is 0.0526. The van der Waals surface area contributed by atoms with Gasteiger partial charge in [0.1, 0.15) is 17.5 Å². The first-order valence-corrected chi connectivity index (χ1v) is 15.3. The Morgan fingerprint density at radius 1 is 0.429 bits per heavy atom. The van der Waals surface area contributed by atoms with Gasteiger partial charge >= 0.3 is 0 Å². The Labute approximate surface area is 243 Å². The van der Waals surface area contributed by atoms with Crippen LogP contribution in [0.3, 0.4) is 0 Å². The molecule has 0 nitrogen and oxygen atoms in total. The Bertz CT molecular complexity index is 1910. The summed E-state index contributed by atoms with van der Waals surface area (Å²) >= 11 is 0. The van der Waals surface area contributed by atoms with Crippen LogP contribution >= 0.6 is 7.92 Å². The molecule has 8 rings (SSSR count). The molecule has 42 heavy (non-hydrogen) atoms. The Morgan fingerprint density at radius 3 is 1.40 bits per heavy atom. The summed E-state index contributed by atoms with van der Waals surface area (Å²) in [7, 11) is -1.48. The van der Waals surface area contributed by atoms with Crippen molar-refractivity contribution >= 4 is 23.8 Å². The van der Waals surface area contributed by atoms with E-state index in [1.807, 2.05) is 13.0 Å². The zero-order valence-electron chi connectivity index (χ0n) is 22.7. The van der Waals surface area contributed by atoms with E-state index in [9.17, 15) is 13.2 Å². The van der Waals surface area contributed by atoms with E-state index >= 15 is 0 Å². The molecule has 6 aromatic carbocycles. The Morgan fingerprint density at radius 2 is 0.881 bits per heavy atom. The average molecular weight is 569 g/mol. The molecule has 6 aromatic rings. The third-order valence-corrected chi connectivity index (χ3v) is 11.0. The van der Waals surface area contributed by atoms with Crippen molar-refractivity contribution in [3.8, 4) is 22.3 Å². The summed E-state index contributed by atoms with van der Waals surface area (Å²) in [5.41, 5.74) is 9.74. The highest BCUT2D eigenvalue weighted by atomic mass is 31.1. The van der Waals surface area contributed by atoms with E-state index in [0.717, 1.165) is 28.1 Å². The molecule has 0 aromatic heterocycles. The van der Waals surface area contributed by atoms with Crippen LogP contribution in [0.4, 0.5) is 13.2 Å². The second kappa shape index (κ2) is 9.28. The standard InChI is InChI=1S/C38H24F3P/c1-23-16-24(39)19-28(17-23)42(29-20-25(40)18-26(41)21-29)27-14-15-33-32-10-4-7-13-36(32)38(37(33)22-27)34-11-5-2-8-30(34)31-9-3-6-12-35(31)38/h2-22H,1H3. The van der Waals surface area contributed by atoms with Crippen LogP contribution in [-0.4, -0.2) is 0 Å². The molecule has 1 spiro atoms. The topological polar surface area (TPSA) is 0 Å². The van der Waals surface area contributed by atoms with Crippen molar-refractivity contribution in [3.05, 3.63) is 173 Å². The molecule has 0 saturated carbocycles. The van der Waals surface area contributed by atoms with Gasteiger partial charge in [0.05, 0.1) is 5.41 Å². The van der Waals surface area contributed by atoms with E-state index in [4.69, 9.17) is 0 Å². The Balaban J connectivity index is 1.45. The fourth-order valence-corrected chi connectivity index (χ4v) is 9.65. The first-order valence-electron chi connectivity index (χ1n) is 13.9. The minimum atomic E-state index is -1.48. The highest BCUT2D eigenvalue weighted by Gasteiger charge is 2.51. The Kier molecular flexibility index (Phi) is 5.58. The maximum atomic E-state index is 14.8. The number of hydrogen-bond acceptors (Lipinski definition) is 0. The zero-order chi connectivity index (χ0) is 28.6. The lowest BCUT2D eigenvalue weighted by molar-refractivity contribution is 0.585. The summed E-state index contributed by atoms with van der Waals surface area (Å²) in [5, 5.41) is 2.13.